The molecule has 1 heterocycles. The van der Waals surface area contributed by atoms with E-state index in [0.29, 0.717) is 35.8 Å². The zero-order valence-corrected chi connectivity index (χ0v) is 14.4. The van der Waals surface area contributed by atoms with Crippen LogP contribution in [0.3, 0.4) is 0 Å². The first-order valence-electron chi connectivity index (χ1n) is 7.67. The zero-order chi connectivity index (χ0) is 17.7. The molecule has 0 fully saturated rings. The number of carbonyl (C=O) groups excluding carboxylic acids is 1. The molecule has 0 aliphatic rings. The van der Waals surface area contributed by atoms with Gasteiger partial charge in [0.2, 0.25) is 0 Å². The Bertz CT molecular complexity index is 756. The Morgan fingerprint density at radius 2 is 2.00 bits per heavy atom. The van der Waals surface area contributed by atoms with Crippen molar-refractivity contribution in [2.24, 2.45) is 0 Å². The Balaban J connectivity index is 2.09. The second kappa shape index (κ2) is 7.97. The van der Waals surface area contributed by atoms with Gasteiger partial charge in [-0.2, -0.15) is 5.10 Å². The first-order chi connectivity index (χ1) is 11.4. The number of aliphatic carboxylic acids is 1. The van der Waals surface area contributed by atoms with Crippen molar-refractivity contribution in [3.63, 3.8) is 0 Å². The molecular weight excluding hydrogens is 330 g/mol. The molecule has 0 radical (unpaired) electrons. The van der Waals surface area contributed by atoms with Crippen molar-refractivity contribution in [2.75, 3.05) is 6.54 Å². The minimum Gasteiger partial charge on any atom is -0.481 e. The normalized spacial score (nSPS) is 10.6. The molecule has 1 aromatic heterocycles. The Labute approximate surface area is 145 Å². The van der Waals surface area contributed by atoms with Crippen molar-refractivity contribution in [3.8, 4) is 0 Å². The molecule has 0 spiro atoms. The van der Waals surface area contributed by atoms with E-state index in [4.69, 9.17) is 16.7 Å². The third-order valence-corrected chi connectivity index (χ3v) is 4.11. The molecule has 2 N–H and O–H groups in total. The summed E-state index contributed by atoms with van der Waals surface area (Å²) in [7, 11) is 0. The summed E-state index contributed by atoms with van der Waals surface area (Å²) in [4.78, 5) is 22.8. The molecule has 2 aromatic rings. The summed E-state index contributed by atoms with van der Waals surface area (Å²) in [5.74, 6) is -1.11. The summed E-state index contributed by atoms with van der Waals surface area (Å²) >= 11 is 6.18. The number of carboxylic acids is 1. The standard InChI is InChI=1S/C17H20ClN3O3/c1-11-16(17(24)19-9-5-8-15(22)23)12(2)21(20-11)10-13-6-3-4-7-14(13)18/h3-4,6-7H,5,8-10H2,1-2H3,(H,19,24)(H,22,23). The first kappa shape index (κ1) is 18.0. The zero-order valence-electron chi connectivity index (χ0n) is 13.7. The number of rotatable bonds is 7. The summed E-state index contributed by atoms with van der Waals surface area (Å²) in [5.41, 5.74) is 2.84. The summed E-state index contributed by atoms with van der Waals surface area (Å²) in [5, 5.41) is 16.4. The average molecular weight is 350 g/mol. The third-order valence-electron chi connectivity index (χ3n) is 3.74. The quantitative estimate of drug-likeness (QED) is 0.753. The molecule has 128 valence electrons. The molecule has 0 saturated heterocycles. The van der Waals surface area contributed by atoms with Gasteiger partial charge in [0.1, 0.15) is 0 Å². The molecule has 24 heavy (non-hydrogen) atoms. The Kier molecular flexibility index (Phi) is 5.98. The molecule has 0 atom stereocenters. The summed E-state index contributed by atoms with van der Waals surface area (Å²) in [6.45, 7) is 4.42. The Morgan fingerprint density at radius 1 is 1.29 bits per heavy atom. The second-order valence-electron chi connectivity index (χ2n) is 5.55. The minimum absolute atomic E-state index is 0.0318. The summed E-state index contributed by atoms with van der Waals surface area (Å²) < 4.78 is 1.75. The lowest BCUT2D eigenvalue weighted by molar-refractivity contribution is -0.137. The molecule has 1 amide bonds. The van der Waals surface area contributed by atoms with E-state index in [1.807, 2.05) is 31.2 Å². The molecule has 0 aliphatic carbocycles. The molecule has 0 unspecified atom stereocenters. The fourth-order valence-corrected chi connectivity index (χ4v) is 2.69. The molecule has 0 saturated carbocycles. The fourth-order valence-electron chi connectivity index (χ4n) is 2.50. The number of aromatic nitrogens is 2. The van der Waals surface area contributed by atoms with E-state index in [9.17, 15) is 9.59 Å². The van der Waals surface area contributed by atoms with Gasteiger partial charge in [-0.25, -0.2) is 0 Å². The van der Waals surface area contributed by atoms with Crippen molar-refractivity contribution in [1.82, 2.24) is 15.1 Å². The number of carbonyl (C=O) groups is 2. The molecule has 2 rings (SSSR count). The van der Waals surface area contributed by atoms with E-state index in [2.05, 4.69) is 10.4 Å². The fraction of sp³-hybridized carbons (Fsp3) is 0.353. The maximum absolute atomic E-state index is 12.3. The molecule has 0 aliphatic heterocycles. The van der Waals surface area contributed by atoms with Gasteiger partial charge in [0.25, 0.3) is 5.91 Å². The van der Waals surface area contributed by atoms with Gasteiger partial charge in [0, 0.05) is 23.7 Å². The number of hydrogen-bond donors (Lipinski definition) is 2. The highest BCUT2D eigenvalue weighted by Crippen LogP contribution is 2.19. The number of nitrogens with one attached hydrogen (secondary N) is 1. The van der Waals surface area contributed by atoms with Gasteiger partial charge >= 0.3 is 5.97 Å². The maximum atomic E-state index is 12.3. The second-order valence-corrected chi connectivity index (χ2v) is 5.96. The molecular formula is C17H20ClN3O3. The molecule has 7 heteroatoms. The number of amides is 1. The van der Waals surface area contributed by atoms with Crippen LogP contribution in [-0.2, 0) is 11.3 Å². The van der Waals surface area contributed by atoms with Crippen LogP contribution in [0.2, 0.25) is 5.02 Å². The first-order valence-corrected chi connectivity index (χ1v) is 8.05. The molecule has 0 bridgehead atoms. The summed E-state index contributed by atoms with van der Waals surface area (Å²) in [6.07, 6.45) is 0.428. The van der Waals surface area contributed by atoms with Crippen LogP contribution in [-0.4, -0.2) is 33.3 Å². The van der Waals surface area contributed by atoms with Gasteiger partial charge < -0.3 is 10.4 Å². The highest BCUT2D eigenvalue weighted by molar-refractivity contribution is 6.31. The topological polar surface area (TPSA) is 84.2 Å². The van der Waals surface area contributed by atoms with Crippen LogP contribution in [0.15, 0.2) is 24.3 Å². The van der Waals surface area contributed by atoms with Gasteiger partial charge in [0.05, 0.1) is 17.8 Å². The predicted molar refractivity (Wildman–Crippen MR) is 91.5 cm³/mol. The highest BCUT2D eigenvalue weighted by Gasteiger charge is 2.18. The van der Waals surface area contributed by atoms with Crippen molar-refractivity contribution >= 4 is 23.5 Å². The van der Waals surface area contributed by atoms with Gasteiger partial charge in [-0.05, 0) is 31.9 Å². The minimum atomic E-state index is -0.871. The third kappa shape index (κ3) is 4.35. The van der Waals surface area contributed by atoms with E-state index in [1.165, 1.54) is 0 Å². The van der Waals surface area contributed by atoms with Gasteiger partial charge in [-0.1, -0.05) is 29.8 Å². The Hall–Kier alpha value is -2.34. The number of benzene rings is 1. The van der Waals surface area contributed by atoms with E-state index in [1.54, 1.807) is 11.6 Å². The van der Waals surface area contributed by atoms with Crippen LogP contribution in [0, 0.1) is 13.8 Å². The van der Waals surface area contributed by atoms with E-state index < -0.39 is 5.97 Å². The number of hydrogen-bond acceptors (Lipinski definition) is 3. The van der Waals surface area contributed by atoms with Crippen molar-refractivity contribution < 1.29 is 14.7 Å². The number of carboxylic acid groups (broad SMARTS) is 1. The molecule has 6 nitrogen and oxygen atoms in total. The number of aryl methyl sites for hydroxylation is 1. The number of nitrogens with zero attached hydrogens (tertiary/aromatic N) is 2. The van der Waals surface area contributed by atoms with Crippen LogP contribution in [0.5, 0.6) is 0 Å². The lowest BCUT2D eigenvalue weighted by Crippen LogP contribution is -2.26. The van der Waals surface area contributed by atoms with E-state index in [-0.39, 0.29) is 12.3 Å². The van der Waals surface area contributed by atoms with Gasteiger partial charge in [-0.15, -0.1) is 0 Å². The van der Waals surface area contributed by atoms with Crippen LogP contribution >= 0.6 is 11.6 Å². The predicted octanol–water partition coefficient (Wildman–Crippen LogP) is 2.80. The van der Waals surface area contributed by atoms with Crippen LogP contribution < -0.4 is 5.32 Å². The van der Waals surface area contributed by atoms with E-state index >= 15 is 0 Å². The van der Waals surface area contributed by atoms with Gasteiger partial charge in [-0.3, -0.25) is 14.3 Å². The maximum Gasteiger partial charge on any atom is 0.303 e. The van der Waals surface area contributed by atoms with Crippen molar-refractivity contribution in [3.05, 3.63) is 51.8 Å². The van der Waals surface area contributed by atoms with Crippen LogP contribution in [0.4, 0.5) is 0 Å². The smallest absolute Gasteiger partial charge is 0.303 e. The SMILES string of the molecule is Cc1nn(Cc2ccccc2Cl)c(C)c1C(=O)NCCCC(=O)O. The highest BCUT2D eigenvalue weighted by atomic mass is 35.5. The van der Waals surface area contributed by atoms with Crippen LogP contribution in [0.1, 0.15) is 40.2 Å². The molecule has 1 aromatic carbocycles. The monoisotopic (exact) mass is 349 g/mol. The Morgan fingerprint density at radius 3 is 2.67 bits per heavy atom. The van der Waals surface area contributed by atoms with Crippen molar-refractivity contribution in [2.45, 2.75) is 33.2 Å². The average Bonchev–Trinajstić information content (AvgIpc) is 2.80. The summed E-state index contributed by atoms with van der Waals surface area (Å²) in [6, 6.07) is 7.51. The van der Waals surface area contributed by atoms with Crippen LogP contribution in [0.25, 0.3) is 0 Å². The van der Waals surface area contributed by atoms with E-state index in [0.717, 1.165) is 11.3 Å². The largest absolute Gasteiger partial charge is 0.481 e. The van der Waals surface area contributed by atoms with Gasteiger partial charge in [0.15, 0.2) is 0 Å². The lowest BCUT2D eigenvalue weighted by atomic mass is 10.1. The lowest BCUT2D eigenvalue weighted by Gasteiger charge is -2.08. The van der Waals surface area contributed by atoms with Crippen molar-refractivity contribution in [1.29, 1.82) is 0 Å². The number of halogens is 1.